The number of nitrogens with zero attached hydrogens (tertiary/aromatic N) is 1. The van der Waals surface area contributed by atoms with Crippen molar-refractivity contribution >= 4 is 16.8 Å². The zero-order valence-corrected chi connectivity index (χ0v) is 11.6. The molecular weight excluding hydrogens is 226 g/mol. The quantitative estimate of drug-likeness (QED) is 0.707. The van der Waals surface area contributed by atoms with Crippen LogP contribution in [0.1, 0.15) is 36.8 Å². The molecule has 1 aromatic rings. The monoisotopic (exact) mass is 245 g/mol. The van der Waals surface area contributed by atoms with Gasteiger partial charge in [0.2, 0.25) is 0 Å². The molecule has 0 radical (unpaired) electrons. The number of aliphatic imine (C=N–C) groups is 1. The highest BCUT2D eigenvalue weighted by Crippen LogP contribution is 2.31. The van der Waals surface area contributed by atoms with Crippen LogP contribution in [0.3, 0.4) is 0 Å². The average Bonchev–Trinajstić information content (AvgIpc) is 2.52. The van der Waals surface area contributed by atoms with Crippen molar-refractivity contribution < 1.29 is 0 Å². The number of thioether (sulfide) groups is 1. The summed E-state index contributed by atoms with van der Waals surface area (Å²) in [5, 5.41) is 1.25. The van der Waals surface area contributed by atoms with E-state index >= 15 is 0 Å². The van der Waals surface area contributed by atoms with Crippen LogP contribution in [0.5, 0.6) is 0 Å². The molecule has 1 aliphatic heterocycles. The summed E-state index contributed by atoms with van der Waals surface area (Å²) in [6.45, 7) is 4.22. The summed E-state index contributed by atoms with van der Waals surface area (Å²) in [4.78, 5) is 4.72. The van der Waals surface area contributed by atoms with Crippen LogP contribution in [0.2, 0.25) is 0 Å². The van der Waals surface area contributed by atoms with Crippen LogP contribution in [-0.2, 0) is 0 Å². The maximum absolute atomic E-state index is 4.72. The molecule has 1 heterocycles. The third-order valence-corrected chi connectivity index (χ3v) is 3.96. The molecule has 0 amide bonds. The SMILES string of the molecule is CSC1=NC(C)=CCCC1c1ccc(C)cc1. The molecule has 2 rings (SSSR count). The van der Waals surface area contributed by atoms with Gasteiger partial charge in [-0.15, -0.1) is 11.8 Å². The van der Waals surface area contributed by atoms with Crippen LogP contribution in [0.4, 0.5) is 0 Å². The Labute approximate surface area is 108 Å². The van der Waals surface area contributed by atoms with Crippen LogP contribution >= 0.6 is 11.8 Å². The smallest absolute Gasteiger partial charge is 0.0806 e. The van der Waals surface area contributed by atoms with Gasteiger partial charge in [-0.1, -0.05) is 35.9 Å². The van der Waals surface area contributed by atoms with Crippen LogP contribution in [0.15, 0.2) is 41.0 Å². The van der Waals surface area contributed by atoms with E-state index in [0.717, 1.165) is 12.1 Å². The lowest BCUT2D eigenvalue weighted by molar-refractivity contribution is 0.796. The third-order valence-electron chi connectivity index (χ3n) is 3.17. The van der Waals surface area contributed by atoms with Crippen molar-refractivity contribution in [1.29, 1.82) is 0 Å². The molecule has 0 fully saturated rings. The summed E-state index contributed by atoms with van der Waals surface area (Å²) in [5.41, 5.74) is 3.87. The van der Waals surface area contributed by atoms with Gasteiger partial charge in [0.15, 0.2) is 0 Å². The first kappa shape index (κ1) is 12.4. The van der Waals surface area contributed by atoms with Gasteiger partial charge in [0.05, 0.1) is 5.04 Å². The minimum atomic E-state index is 0.472. The zero-order valence-electron chi connectivity index (χ0n) is 10.7. The molecule has 0 saturated carbocycles. The molecular formula is C15H19NS. The van der Waals surface area contributed by atoms with Crippen molar-refractivity contribution in [3.63, 3.8) is 0 Å². The van der Waals surface area contributed by atoms with E-state index in [1.54, 1.807) is 11.8 Å². The predicted octanol–water partition coefficient (Wildman–Crippen LogP) is 4.54. The molecule has 17 heavy (non-hydrogen) atoms. The summed E-state index contributed by atoms with van der Waals surface area (Å²) in [5.74, 6) is 0.472. The Bertz CT molecular complexity index is 442. The third kappa shape index (κ3) is 3.01. The highest BCUT2D eigenvalue weighted by Gasteiger charge is 2.19. The molecule has 1 aliphatic rings. The lowest BCUT2D eigenvalue weighted by Crippen LogP contribution is -2.08. The molecule has 0 N–H and O–H groups in total. The Hall–Kier alpha value is -1.02. The van der Waals surface area contributed by atoms with Crippen molar-refractivity contribution in [2.75, 3.05) is 6.26 Å². The maximum Gasteiger partial charge on any atom is 0.0806 e. The normalized spacial score (nSPS) is 20.5. The number of aryl methyl sites for hydroxylation is 1. The van der Waals surface area contributed by atoms with Gasteiger partial charge in [0.1, 0.15) is 0 Å². The van der Waals surface area contributed by atoms with E-state index in [1.807, 2.05) is 0 Å². The number of benzene rings is 1. The van der Waals surface area contributed by atoms with Gasteiger partial charge in [-0.2, -0.15) is 0 Å². The van der Waals surface area contributed by atoms with E-state index in [-0.39, 0.29) is 0 Å². The summed E-state index contributed by atoms with van der Waals surface area (Å²) >= 11 is 1.78. The van der Waals surface area contributed by atoms with Gasteiger partial charge >= 0.3 is 0 Å². The summed E-state index contributed by atoms with van der Waals surface area (Å²) in [6, 6.07) is 8.87. The van der Waals surface area contributed by atoms with Crippen LogP contribution in [-0.4, -0.2) is 11.3 Å². The molecule has 1 atom stereocenters. The Kier molecular flexibility index (Phi) is 4.06. The fourth-order valence-electron chi connectivity index (χ4n) is 2.18. The Morgan fingerprint density at radius 1 is 1.18 bits per heavy atom. The second-order valence-electron chi connectivity index (χ2n) is 4.54. The summed E-state index contributed by atoms with van der Waals surface area (Å²) in [6.07, 6.45) is 6.65. The molecule has 0 spiro atoms. The van der Waals surface area contributed by atoms with Crippen molar-refractivity contribution in [2.45, 2.75) is 32.6 Å². The Morgan fingerprint density at radius 3 is 2.53 bits per heavy atom. The largest absolute Gasteiger partial charge is 0.251 e. The maximum atomic E-state index is 4.72. The van der Waals surface area contributed by atoms with Crippen LogP contribution < -0.4 is 0 Å². The fraction of sp³-hybridized carbons (Fsp3) is 0.400. The van der Waals surface area contributed by atoms with Crippen LogP contribution in [0.25, 0.3) is 0 Å². The zero-order chi connectivity index (χ0) is 12.3. The Balaban J connectivity index is 2.31. The minimum absolute atomic E-state index is 0.472. The topological polar surface area (TPSA) is 12.4 Å². The standard InChI is InChI=1S/C15H19NS/c1-11-7-9-13(10-8-11)14-6-4-5-12(2)16-15(14)17-3/h5,7-10,14H,4,6H2,1-3H3. The predicted molar refractivity (Wildman–Crippen MR) is 77.9 cm³/mol. The molecule has 1 aromatic carbocycles. The molecule has 1 nitrogen and oxygen atoms in total. The average molecular weight is 245 g/mol. The minimum Gasteiger partial charge on any atom is -0.251 e. The first-order valence-electron chi connectivity index (χ1n) is 6.06. The molecule has 90 valence electrons. The second kappa shape index (κ2) is 5.54. The first-order valence-corrected chi connectivity index (χ1v) is 7.29. The van der Waals surface area contributed by atoms with Crippen molar-refractivity contribution in [1.82, 2.24) is 0 Å². The van der Waals surface area contributed by atoms with Gasteiger partial charge in [-0.05, 0) is 38.5 Å². The van der Waals surface area contributed by atoms with Crippen molar-refractivity contribution in [3.8, 4) is 0 Å². The van der Waals surface area contributed by atoms with Gasteiger partial charge in [-0.25, -0.2) is 0 Å². The van der Waals surface area contributed by atoms with Gasteiger partial charge < -0.3 is 0 Å². The Morgan fingerprint density at radius 2 is 1.88 bits per heavy atom. The molecule has 0 aliphatic carbocycles. The summed E-state index contributed by atoms with van der Waals surface area (Å²) < 4.78 is 0. The first-order chi connectivity index (χ1) is 8.20. The number of hydrogen-bond donors (Lipinski definition) is 0. The van der Waals surface area contributed by atoms with E-state index in [2.05, 4.69) is 50.4 Å². The van der Waals surface area contributed by atoms with Crippen molar-refractivity contribution in [2.24, 2.45) is 4.99 Å². The molecule has 0 bridgehead atoms. The van der Waals surface area contributed by atoms with E-state index in [1.165, 1.54) is 22.6 Å². The number of allylic oxidation sites excluding steroid dienone is 2. The fourth-order valence-corrected chi connectivity index (χ4v) is 2.95. The molecule has 2 heteroatoms. The van der Waals surface area contributed by atoms with Gasteiger partial charge in [-0.3, -0.25) is 4.99 Å². The van der Waals surface area contributed by atoms with E-state index < -0.39 is 0 Å². The lowest BCUT2D eigenvalue weighted by atomic mass is 9.95. The lowest BCUT2D eigenvalue weighted by Gasteiger charge is -2.16. The van der Waals surface area contributed by atoms with Gasteiger partial charge in [0, 0.05) is 11.6 Å². The van der Waals surface area contributed by atoms with E-state index in [9.17, 15) is 0 Å². The van der Waals surface area contributed by atoms with E-state index in [0.29, 0.717) is 5.92 Å². The molecule has 0 aromatic heterocycles. The summed E-state index contributed by atoms with van der Waals surface area (Å²) in [7, 11) is 0. The second-order valence-corrected chi connectivity index (χ2v) is 5.37. The highest BCUT2D eigenvalue weighted by molar-refractivity contribution is 8.13. The number of rotatable bonds is 1. The molecule has 1 unspecified atom stereocenters. The molecule has 0 saturated heterocycles. The highest BCUT2D eigenvalue weighted by atomic mass is 32.2. The number of hydrogen-bond acceptors (Lipinski definition) is 2. The van der Waals surface area contributed by atoms with Gasteiger partial charge in [0.25, 0.3) is 0 Å². The van der Waals surface area contributed by atoms with Crippen molar-refractivity contribution in [3.05, 3.63) is 47.2 Å². The van der Waals surface area contributed by atoms with E-state index in [4.69, 9.17) is 4.99 Å². The van der Waals surface area contributed by atoms with Crippen LogP contribution in [0, 0.1) is 6.92 Å².